The van der Waals surface area contributed by atoms with Gasteiger partial charge in [-0.05, 0) is 44.1 Å². The number of carbonyl (C=O) groups is 4. The number of carbonyl (C=O) groups excluding carboxylic acids is 3. The van der Waals surface area contributed by atoms with Crippen molar-refractivity contribution in [2.24, 2.45) is 23.3 Å². The number of carboxylic acid groups (broad SMARTS) is 1. The maximum Gasteiger partial charge on any atom is 0.326 e. The molecule has 0 radical (unpaired) electrons. The summed E-state index contributed by atoms with van der Waals surface area (Å²) in [4.78, 5) is 49.4. The smallest absolute Gasteiger partial charge is 0.326 e. The van der Waals surface area contributed by atoms with Crippen molar-refractivity contribution < 1.29 is 24.3 Å². The normalized spacial score (nSPS) is 15.9. The fourth-order valence-corrected chi connectivity index (χ4v) is 3.23. The van der Waals surface area contributed by atoms with Crippen LogP contribution in [0.4, 0.5) is 0 Å². The SMILES string of the molecule is CCC(C)C(N)C(=O)NC(CS)C(=O)NC(CC(C)C)C(=O)NC(CCCCN)C(=O)O. The molecule has 0 aromatic rings. The van der Waals surface area contributed by atoms with E-state index < -0.39 is 47.9 Å². The molecule has 8 N–H and O–H groups in total. The van der Waals surface area contributed by atoms with Gasteiger partial charge in [-0.3, -0.25) is 14.4 Å². The highest BCUT2D eigenvalue weighted by Gasteiger charge is 2.30. The summed E-state index contributed by atoms with van der Waals surface area (Å²) >= 11 is 4.14. The molecule has 0 saturated carbocycles. The summed E-state index contributed by atoms with van der Waals surface area (Å²) in [6, 6.07) is -3.78. The Morgan fingerprint density at radius 1 is 0.906 bits per heavy atom. The van der Waals surface area contributed by atoms with E-state index in [9.17, 15) is 24.3 Å². The number of nitrogens with two attached hydrogens (primary N) is 2. The third-order valence-corrected chi connectivity index (χ3v) is 5.64. The van der Waals surface area contributed by atoms with Crippen LogP contribution in [0.5, 0.6) is 0 Å². The molecular weight excluding hydrogens is 434 g/mol. The summed E-state index contributed by atoms with van der Waals surface area (Å²) < 4.78 is 0. The van der Waals surface area contributed by atoms with Crippen molar-refractivity contribution in [3.8, 4) is 0 Å². The van der Waals surface area contributed by atoms with Gasteiger partial charge in [-0.2, -0.15) is 12.6 Å². The Bertz CT molecular complexity index is 619. The second-order valence-corrected chi connectivity index (χ2v) is 8.89. The van der Waals surface area contributed by atoms with Crippen LogP contribution >= 0.6 is 12.6 Å². The molecule has 11 heteroatoms. The first kappa shape index (κ1) is 30.1. The molecule has 0 rings (SSSR count). The average molecular weight is 476 g/mol. The summed E-state index contributed by atoms with van der Waals surface area (Å²) in [5.74, 6) is -2.79. The van der Waals surface area contributed by atoms with Crippen LogP contribution < -0.4 is 27.4 Å². The third kappa shape index (κ3) is 11.1. The highest BCUT2D eigenvalue weighted by Crippen LogP contribution is 2.09. The van der Waals surface area contributed by atoms with Crippen LogP contribution in [-0.2, 0) is 19.2 Å². The Morgan fingerprint density at radius 3 is 1.91 bits per heavy atom. The molecule has 186 valence electrons. The first-order valence-electron chi connectivity index (χ1n) is 11.2. The number of aliphatic carboxylic acids is 1. The average Bonchev–Trinajstić information content (AvgIpc) is 2.74. The minimum Gasteiger partial charge on any atom is -0.480 e. The van der Waals surface area contributed by atoms with Crippen molar-refractivity contribution >= 4 is 36.3 Å². The van der Waals surface area contributed by atoms with E-state index in [2.05, 4.69) is 28.6 Å². The molecule has 0 bridgehead atoms. The van der Waals surface area contributed by atoms with Crippen LogP contribution in [0.3, 0.4) is 0 Å². The van der Waals surface area contributed by atoms with E-state index in [0.29, 0.717) is 32.2 Å². The Morgan fingerprint density at radius 2 is 1.44 bits per heavy atom. The third-order valence-electron chi connectivity index (χ3n) is 5.28. The van der Waals surface area contributed by atoms with Crippen molar-refractivity contribution in [2.45, 2.75) is 84.0 Å². The number of carboxylic acids is 1. The zero-order valence-electron chi connectivity index (χ0n) is 19.6. The van der Waals surface area contributed by atoms with E-state index in [0.717, 1.165) is 0 Å². The molecule has 0 aliphatic heterocycles. The van der Waals surface area contributed by atoms with Gasteiger partial charge in [-0.25, -0.2) is 4.79 Å². The van der Waals surface area contributed by atoms with Crippen molar-refractivity contribution in [3.63, 3.8) is 0 Å². The summed E-state index contributed by atoms with van der Waals surface area (Å²) in [6.45, 7) is 7.95. The zero-order valence-corrected chi connectivity index (χ0v) is 20.5. The number of rotatable bonds is 16. The van der Waals surface area contributed by atoms with E-state index in [4.69, 9.17) is 11.5 Å². The fourth-order valence-electron chi connectivity index (χ4n) is 2.97. The van der Waals surface area contributed by atoms with Gasteiger partial charge in [-0.1, -0.05) is 34.1 Å². The Labute approximate surface area is 196 Å². The van der Waals surface area contributed by atoms with E-state index in [1.807, 2.05) is 27.7 Å². The predicted molar refractivity (Wildman–Crippen MR) is 127 cm³/mol. The number of amides is 3. The van der Waals surface area contributed by atoms with Gasteiger partial charge in [-0.15, -0.1) is 0 Å². The van der Waals surface area contributed by atoms with Gasteiger partial charge in [0, 0.05) is 5.75 Å². The molecule has 0 fully saturated rings. The van der Waals surface area contributed by atoms with Crippen molar-refractivity contribution in [1.82, 2.24) is 16.0 Å². The van der Waals surface area contributed by atoms with Gasteiger partial charge in [0.15, 0.2) is 0 Å². The van der Waals surface area contributed by atoms with E-state index in [1.54, 1.807) is 0 Å². The second-order valence-electron chi connectivity index (χ2n) is 8.53. The molecule has 32 heavy (non-hydrogen) atoms. The van der Waals surface area contributed by atoms with Crippen molar-refractivity contribution in [3.05, 3.63) is 0 Å². The van der Waals surface area contributed by atoms with Gasteiger partial charge < -0.3 is 32.5 Å². The van der Waals surface area contributed by atoms with Crippen LogP contribution in [-0.4, -0.2) is 65.3 Å². The fraction of sp³-hybridized carbons (Fsp3) is 0.810. The maximum atomic E-state index is 12.8. The van der Waals surface area contributed by atoms with Crippen molar-refractivity contribution in [2.75, 3.05) is 12.3 Å². The summed E-state index contributed by atoms with van der Waals surface area (Å²) in [5, 5.41) is 17.1. The number of hydrogen-bond donors (Lipinski definition) is 7. The van der Waals surface area contributed by atoms with Gasteiger partial charge in [0.25, 0.3) is 0 Å². The first-order chi connectivity index (χ1) is 15.0. The van der Waals surface area contributed by atoms with E-state index >= 15 is 0 Å². The molecule has 5 unspecified atom stereocenters. The number of hydrogen-bond acceptors (Lipinski definition) is 7. The molecule has 0 aromatic carbocycles. The van der Waals surface area contributed by atoms with Crippen LogP contribution in [0.1, 0.15) is 59.8 Å². The van der Waals surface area contributed by atoms with E-state index in [1.165, 1.54) is 0 Å². The molecule has 0 saturated heterocycles. The van der Waals surface area contributed by atoms with Crippen LogP contribution in [0.2, 0.25) is 0 Å². The first-order valence-corrected chi connectivity index (χ1v) is 11.8. The van der Waals surface area contributed by atoms with Gasteiger partial charge in [0.1, 0.15) is 18.1 Å². The van der Waals surface area contributed by atoms with Crippen molar-refractivity contribution in [1.29, 1.82) is 0 Å². The van der Waals surface area contributed by atoms with Gasteiger partial charge in [0.05, 0.1) is 6.04 Å². The Balaban J connectivity index is 5.25. The molecule has 5 atom stereocenters. The molecular formula is C21H41N5O5S. The lowest BCUT2D eigenvalue weighted by atomic mass is 9.99. The van der Waals surface area contributed by atoms with Crippen LogP contribution in [0.15, 0.2) is 0 Å². The molecule has 10 nitrogen and oxygen atoms in total. The molecule has 0 spiro atoms. The van der Waals surface area contributed by atoms with Gasteiger partial charge in [0.2, 0.25) is 17.7 Å². The standard InChI is InChI=1S/C21H41N5O5S/c1-5-13(4)17(23)20(29)26-16(11-32)19(28)25-15(10-12(2)3)18(27)24-14(21(30)31)8-6-7-9-22/h12-17,32H,5-11,22-23H2,1-4H3,(H,24,27)(H,25,28)(H,26,29)(H,30,31). The predicted octanol–water partition coefficient (Wildman–Crippen LogP) is 0.00370. The number of unbranched alkanes of at least 4 members (excludes halogenated alkanes) is 1. The summed E-state index contributed by atoms with van der Waals surface area (Å²) in [7, 11) is 0. The largest absolute Gasteiger partial charge is 0.480 e. The van der Waals surface area contributed by atoms with Crippen LogP contribution in [0.25, 0.3) is 0 Å². The Hall–Kier alpha value is -1.85. The lowest BCUT2D eigenvalue weighted by molar-refractivity contribution is -0.142. The molecule has 0 heterocycles. The summed E-state index contributed by atoms with van der Waals surface area (Å²) in [6.07, 6.45) is 2.45. The monoisotopic (exact) mass is 475 g/mol. The molecule has 0 aromatic heterocycles. The molecule has 0 aliphatic carbocycles. The summed E-state index contributed by atoms with van der Waals surface area (Å²) in [5.41, 5.74) is 11.4. The maximum absolute atomic E-state index is 12.8. The van der Waals surface area contributed by atoms with Crippen LogP contribution in [0, 0.1) is 11.8 Å². The zero-order chi connectivity index (χ0) is 24.8. The number of thiol groups is 1. The minimum absolute atomic E-state index is 0.0116. The minimum atomic E-state index is -1.15. The second kappa shape index (κ2) is 15.9. The topological polar surface area (TPSA) is 177 Å². The highest BCUT2D eigenvalue weighted by atomic mass is 32.1. The number of nitrogens with one attached hydrogen (secondary N) is 3. The van der Waals surface area contributed by atoms with Gasteiger partial charge >= 0.3 is 5.97 Å². The highest BCUT2D eigenvalue weighted by molar-refractivity contribution is 7.80. The molecule has 3 amide bonds. The molecule has 0 aliphatic rings. The lowest BCUT2D eigenvalue weighted by Gasteiger charge is -2.26. The quantitative estimate of drug-likeness (QED) is 0.121. The lowest BCUT2D eigenvalue weighted by Crippen LogP contribution is -2.58. The van der Waals surface area contributed by atoms with E-state index in [-0.39, 0.29) is 24.0 Å². The Kier molecular flexibility index (Phi) is 15.0.